The summed E-state index contributed by atoms with van der Waals surface area (Å²) in [4.78, 5) is 13.1. The lowest BCUT2D eigenvalue weighted by molar-refractivity contribution is -0.129. The second-order valence-electron chi connectivity index (χ2n) is 6.37. The van der Waals surface area contributed by atoms with Gasteiger partial charge in [0.25, 0.3) is 0 Å². The summed E-state index contributed by atoms with van der Waals surface area (Å²) in [6.45, 7) is 3.92. The van der Waals surface area contributed by atoms with E-state index in [1.54, 1.807) is 43.3 Å². The highest BCUT2D eigenvalue weighted by Gasteiger charge is 2.12. The first kappa shape index (κ1) is 23.9. The molecule has 5 nitrogen and oxygen atoms in total. The second kappa shape index (κ2) is 11.5. The number of carbonyl (C=O) groups excluding carboxylic acids is 1. The molecular weight excluding hydrogens is 396 g/mol. The third-order valence-electron chi connectivity index (χ3n) is 3.86. The van der Waals surface area contributed by atoms with Crippen molar-refractivity contribution in [2.75, 3.05) is 14.1 Å². The standard InChI is InChI=1S/C12H17NO2.C8H11NO.BrH/c1-9(8-12(15)13(2)3)10-4-6-11(14)7-5-10;1-6(9)7-2-4-8(10)5-3-7;/h4-7,9,14H,8H2,1-3H3;2-6,10H,9H2,1H3;1H/t9-;6-;/m10./s1. The van der Waals surface area contributed by atoms with Crippen molar-refractivity contribution in [2.45, 2.75) is 32.2 Å². The largest absolute Gasteiger partial charge is 0.508 e. The number of phenols is 2. The van der Waals surface area contributed by atoms with E-state index in [0.29, 0.717) is 6.42 Å². The number of carbonyl (C=O) groups is 1. The number of nitrogens with two attached hydrogens (primary N) is 1. The van der Waals surface area contributed by atoms with Gasteiger partial charge in [0.1, 0.15) is 11.5 Å². The summed E-state index contributed by atoms with van der Waals surface area (Å²) < 4.78 is 0. The highest BCUT2D eigenvalue weighted by molar-refractivity contribution is 8.93. The van der Waals surface area contributed by atoms with Gasteiger partial charge in [0.15, 0.2) is 0 Å². The average molecular weight is 425 g/mol. The van der Waals surface area contributed by atoms with Crippen LogP contribution in [0.15, 0.2) is 48.5 Å². The fraction of sp³-hybridized carbons (Fsp3) is 0.350. The Morgan fingerprint density at radius 1 is 0.923 bits per heavy atom. The molecule has 0 aliphatic carbocycles. The summed E-state index contributed by atoms with van der Waals surface area (Å²) in [5, 5.41) is 18.0. The molecule has 1 amide bonds. The van der Waals surface area contributed by atoms with Gasteiger partial charge in [-0.05, 0) is 48.2 Å². The molecule has 2 aromatic carbocycles. The van der Waals surface area contributed by atoms with E-state index < -0.39 is 0 Å². The van der Waals surface area contributed by atoms with E-state index in [-0.39, 0.29) is 46.3 Å². The van der Waals surface area contributed by atoms with E-state index in [1.165, 1.54) is 0 Å². The number of hydrogen-bond donors (Lipinski definition) is 3. The van der Waals surface area contributed by atoms with E-state index in [1.807, 2.05) is 38.1 Å². The van der Waals surface area contributed by atoms with Crippen LogP contribution in [0, 0.1) is 0 Å². The molecule has 2 rings (SSSR count). The molecule has 0 unspecified atom stereocenters. The van der Waals surface area contributed by atoms with Crippen LogP contribution in [0.25, 0.3) is 0 Å². The quantitative estimate of drug-likeness (QED) is 0.692. The number of benzene rings is 2. The lowest BCUT2D eigenvalue weighted by atomic mass is 9.97. The van der Waals surface area contributed by atoms with Crippen molar-refractivity contribution in [1.29, 1.82) is 0 Å². The Morgan fingerprint density at radius 3 is 1.65 bits per heavy atom. The first-order valence-corrected chi connectivity index (χ1v) is 8.24. The van der Waals surface area contributed by atoms with Crippen molar-refractivity contribution in [3.05, 3.63) is 59.7 Å². The van der Waals surface area contributed by atoms with Crippen LogP contribution < -0.4 is 5.73 Å². The van der Waals surface area contributed by atoms with Crippen LogP contribution in [-0.4, -0.2) is 35.1 Å². The molecule has 0 aliphatic rings. The minimum absolute atomic E-state index is 0. The van der Waals surface area contributed by atoms with Crippen molar-refractivity contribution in [1.82, 2.24) is 4.90 Å². The third kappa shape index (κ3) is 8.36. The van der Waals surface area contributed by atoms with Crippen molar-refractivity contribution >= 4 is 22.9 Å². The van der Waals surface area contributed by atoms with Gasteiger partial charge >= 0.3 is 0 Å². The zero-order valence-electron chi connectivity index (χ0n) is 15.7. The molecule has 0 aromatic heterocycles. The predicted octanol–water partition coefficient (Wildman–Crippen LogP) is 3.96. The Hall–Kier alpha value is -2.05. The molecular formula is C20H29BrN2O3. The van der Waals surface area contributed by atoms with E-state index in [0.717, 1.165) is 11.1 Å². The molecule has 0 fully saturated rings. The minimum atomic E-state index is 0. The molecule has 0 radical (unpaired) electrons. The van der Waals surface area contributed by atoms with Gasteiger partial charge in [-0.3, -0.25) is 4.79 Å². The molecule has 2 aromatic rings. The lowest BCUT2D eigenvalue weighted by Gasteiger charge is -2.15. The summed E-state index contributed by atoms with van der Waals surface area (Å²) >= 11 is 0. The van der Waals surface area contributed by atoms with E-state index in [4.69, 9.17) is 15.9 Å². The van der Waals surface area contributed by atoms with Crippen LogP contribution in [0.3, 0.4) is 0 Å². The molecule has 0 spiro atoms. The number of aromatic hydroxyl groups is 2. The molecule has 0 saturated carbocycles. The van der Waals surface area contributed by atoms with Crippen LogP contribution in [-0.2, 0) is 4.79 Å². The van der Waals surface area contributed by atoms with Crippen molar-refractivity contribution in [2.24, 2.45) is 5.73 Å². The molecule has 4 N–H and O–H groups in total. The SMILES string of the molecule is Br.C[C@H](CC(=O)N(C)C)c1ccc(O)cc1.C[C@H](N)c1ccc(O)cc1. The maximum atomic E-state index is 11.5. The molecule has 0 saturated heterocycles. The Labute approximate surface area is 166 Å². The Balaban J connectivity index is 0.000000497. The number of halogens is 1. The highest BCUT2D eigenvalue weighted by atomic mass is 79.9. The minimum Gasteiger partial charge on any atom is -0.508 e. The van der Waals surface area contributed by atoms with Crippen LogP contribution in [0.2, 0.25) is 0 Å². The monoisotopic (exact) mass is 424 g/mol. The van der Waals surface area contributed by atoms with Crippen molar-refractivity contribution in [3.8, 4) is 11.5 Å². The van der Waals surface area contributed by atoms with Crippen LogP contribution >= 0.6 is 17.0 Å². The smallest absolute Gasteiger partial charge is 0.222 e. The third-order valence-corrected chi connectivity index (χ3v) is 3.86. The van der Waals surface area contributed by atoms with Gasteiger partial charge in [-0.25, -0.2) is 0 Å². The maximum Gasteiger partial charge on any atom is 0.222 e. The maximum absolute atomic E-state index is 11.5. The van der Waals surface area contributed by atoms with Gasteiger partial charge in [-0.1, -0.05) is 31.2 Å². The lowest BCUT2D eigenvalue weighted by Crippen LogP contribution is -2.22. The van der Waals surface area contributed by atoms with Crippen molar-refractivity contribution < 1.29 is 15.0 Å². The molecule has 0 heterocycles. The number of nitrogens with zero attached hydrogens (tertiary/aromatic N) is 1. The molecule has 144 valence electrons. The van der Waals surface area contributed by atoms with Gasteiger partial charge in [0.2, 0.25) is 5.91 Å². The number of phenolic OH excluding ortho intramolecular Hbond substituents is 2. The average Bonchev–Trinajstić information content (AvgIpc) is 2.56. The summed E-state index contributed by atoms with van der Waals surface area (Å²) in [5.74, 6) is 0.838. The van der Waals surface area contributed by atoms with E-state index >= 15 is 0 Å². The number of rotatable bonds is 4. The normalized spacial score (nSPS) is 12.0. The fourth-order valence-corrected chi connectivity index (χ4v) is 2.14. The summed E-state index contributed by atoms with van der Waals surface area (Å²) in [6, 6.07) is 13.9. The van der Waals surface area contributed by atoms with Crippen LogP contribution in [0.1, 0.15) is 43.4 Å². The molecule has 6 heteroatoms. The summed E-state index contributed by atoms with van der Waals surface area (Å²) in [5.41, 5.74) is 7.69. The van der Waals surface area contributed by atoms with Gasteiger partial charge in [-0.15, -0.1) is 17.0 Å². The van der Waals surface area contributed by atoms with Gasteiger partial charge in [-0.2, -0.15) is 0 Å². The second-order valence-corrected chi connectivity index (χ2v) is 6.37. The number of amides is 1. The zero-order chi connectivity index (χ0) is 19.0. The Kier molecular flexibility index (Phi) is 10.6. The predicted molar refractivity (Wildman–Crippen MR) is 111 cm³/mol. The van der Waals surface area contributed by atoms with Gasteiger partial charge in [0.05, 0.1) is 0 Å². The van der Waals surface area contributed by atoms with E-state index in [9.17, 15) is 4.79 Å². The molecule has 2 atom stereocenters. The molecule has 26 heavy (non-hydrogen) atoms. The molecule has 0 bridgehead atoms. The van der Waals surface area contributed by atoms with Crippen molar-refractivity contribution in [3.63, 3.8) is 0 Å². The summed E-state index contributed by atoms with van der Waals surface area (Å²) in [7, 11) is 3.51. The molecule has 0 aliphatic heterocycles. The van der Waals surface area contributed by atoms with Gasteiger partial charge < -0.3 is 20.8 Å². The fourth-order valence-electron chi connectivity index (χ4n) is 2.14. The first-order valence-electron chi connectivity index (χ1n) is 8.24. The number of hydrogen-bond acceptors (Lipinski definition) is 4. The summed E-state index contributed by atoms with van der Waals surface area (Å²) in [6.07, 6.45) is 0.498. The van der Waals surface area contributed by atoms with Crippen LogP contribution in [0.5, 0.6) is 11.5 Å². The highest BCUT2D eigenvalue weighted by Crippen LogP contribution is 2.21. The Morgan fingerprint density at radius 2 is 1.31 bits per heavy atom. The van der Waals surface area contributed by atoms with Gasteiger partial charge in [0, 0.05) is 26.6 Å². The topological polar surface area (TPSA) is 86.8 Å². The van der Waals surface area contributed by atoms with Crippen LogP contribution in [0.4, 0.5) is 0 Å². The zero-order valence-corrected chi connectivity index (χ0v) is 17.4. The Bertz CT molecular complexity index is 656. The first-order chi connectivity index (χ1) is 11.7. The van der Waals surface area contributed by atoms with E-state index in [2.05, 4.69) is 0 Å².